The summed E-state index contributed by atoms with van der Waals surface area (Å²) < 4.78 is 3.92. The molecular weight excluding hydrogens is 310 g/mol. The van der Waals surface area contributed by atoms with Gasteiger partial charge in [0.1, 0.15) is 6.33 Å². The lowest BCUT2D eigenvalue weighted by Gasteiger charge is -2.03. The minimum absolute atomic E-state index is 0.851. The molecule has 0 radical (unpaired) electrons. The second-order valence-corrected chi connectivity index (χ2v) is 4.66. The van der Waals surface area contributed by atoms with E-state index in [1.807, 2.05) is 29.8 Å². The molecule has 0 unspecified atom stereocenters. The van der Waals surface area contributed by atoms with Gasteiger partial charge in [0.15, 0.2) is 5.82 Å². The van der Waals surface area contributed by atoms with Crippen molar-refractivity contribution in [3.05, 3.63) is 33.5 Å². The van der Waals surface area contributed by atoms with Crippen molar-refractivity contribution in [2.75, 3.05) is 0 Å². The molecule has 0 fully saturated rings. The van der Waals surface area contributed by atoms with E-state index in [0.29, 0.717) is 0 Å². The molecule has 0 saturated carbocycles. The summed E-state index contributed by atoms with van der Waals surface area (Å²) in [6, 6.07) is 5.97. The molecular formula is C9H7Br2N3. The molecule has 1 aromatic carbocycles. The van der Waals surface area contributed by atoms with Crippen LogP contribution >= 0.6 is 31.9 Å². The molecule has 0 N–H and O–H groups in total. The number of aromatic nitrogens is 3. The van der Waals surface area contributed by atoms with Crippen molar-refractivity contribution in [1.82, 2.24) is 14.8 Å². The zero-order valence-corrected chi connectivity index (χ0v) is 10.6. The van der Waals surface area contributed by atoms with Gasteiger partial charge in [0.2, 0.25) is 0 Å². The maximum Gasteiger partial charge on any atom is 0.164 e. The van der Waals surface area contributed by atoms with Crippen molar-refractivity contribution < 1.29 is 0 Å². The molecule has 0 atom stereocenters. The van der Waals surface area contributed by atoms with Gasteiger partial charge in [-0.25, -0.2) is 0 Å². The Balaban J connectivity index is 2.58. The minimum Gasteiger partial charge on any atom is -0.317 e. The van der Waals surface area contributed by atoms with Gasteiger partial charge in [-0.05, 0) is 34.1 Å². The molecule has 1 aromatic heterocycles. The Morgan fingerprint density at radius 1 is 1.29 bits per heavy atom. The molecule has 0 aliphatic heterocycles. The average Bonchev–Trinajstić information content (AvgIpc) is 2.52. The summed E-state index contributed by atoms with van der Waals surface area (Å²) in [6.07, 6.45) is 1.68. The van der Waals surface area contributed by atoms with E-state index in [2.05, 4.69) is 42.1 Å². The molecule has 72 valence electrons. The van der Waals surface area contributed by atoms with E-state index in [9.17, 15) is 0 Å². The summed E-state index contributed by atoms with van der Waals surface area (Å²) in [5.74, 6) is 0.851. The van der Waals surface area contributed by atoms with Crippen molar-refractivity contribution in [3.63, 3.8) is 0 Å². The summed E-state index contributed by atoms with van der Waals surface area (Å²) in [7, 11) is 1.92. The topological polar surface area (TPSA) is 30.7 Å². The Morgan fingerprint density at radius 3 is 2.64 bits per heavy atom. The van der Waals surface area contributed by atoms with Crippen LogP contribution in [0.2, 0.25) is 0 Å². The second kappa shape index (κ2) is 3.82. The highest BCUT2D eigenvalue weighted by Gasteiger charge is 2.08. The summed E-state index contributed by atoms with van der Waals surface area (Å²) in [5.41, 5.74) is 1.04. The second-order valence-electron chi connectivity index (χ2n) is 2.89. The van der Waals surface area contributed by atoms with Crippen molar-refractivity contribution in [3.8, 4) is 11.4 Å². The highest BCUT2D eigenvalue weighted by Crippen LogP contribution is 2.28. The maximum atomic E-state index is 4.04. The van der Waals surface area contributed by atoms with Crippen LogP contribution in [0.25, 0.3) is 11.4 Å². The van der Waals surface area contributed by atoms with Gasteiger partial charge in [-0.3, -0.25) is 0 Å². The Bertz CT molecular complexity index is 465. The number of benzene rings is 1. The molecule has 0 aliphatic rings. The molecule has 0 aliphatic carbocycles. The fraction of sp³-hybridized carbons (Fsp3) is 0.111. The number of halogens is 2. The lowest BCUT2D eigenvalue weighted by molar-refractivity contribution is 0.919. The fourth-order valence-electron chi connectivity index (χ4n) is 1.20. The van der Waals surface area contributed by atoms with Crippen LogP contribution in [0.3, 0.4) is 0 Å². The summed E-state index contributed by atoms with van der Waals surface area (Å²) in [4.78, 5) is 0. The Hall–Kier alpha value is -0.680. The lowest BCUT2D eigenvalue weighted by Crippen LogP contribution is -1.91. The third kappa shape index (κ3) is 1.74. The standard InChI is InChI=1S/C9H7Br2N3/c1-14-5-12-13-9(14)7-3-2-6(10)4-8(7)11/h2-5H,1H3. The van der Waals surface area contributed by atoms with E-state index in [1.54, 1.807) is 6.33 Å². The van der Waals surface area contributed by atoms with Gasteiger partial charge < -0.3 is 4.57 Å². The number of hydrogen-bond donors (Lipinski definition) is 0. The molecule has 2 aromatic rings. The monoisotopic (exact) mass is 315 g/mol. The molecule has 0 amide bonds. The van der Waals surface area contributed by atoms with Crippen LogP contribution in [0.4, 0.5) is 0 Å². The Morgan fingerprint density at radius 2 is 2.07 bits per heavy atom. The van der Waals surface area contributed by atoms with E-state index in [-0.39, 0.29) is 0 Å². The van der Waals surface area contributed by atoms with Crippen molar-refractivity contribution in [2.45, 2.75) is 0 Å². The van der Waals surface area contributed by atoms with E-state index in [4.69, 9.17) is 0 Å². The van der Waals surface area contributed by atoms with Gasteiger partial charge in [0.05, 0.1) is 0 Å². The number of aryl methyl sites for hydroxylation is 1. The quantitative estimate of drug-likeness (QED) is 0.809. The first-order valence-electron chi connectivity index (χ1n) is 3.98. The highest BCUT2D eigenvalue weighted by atomic mass is 79.9. The first kappa shape index (κ1) is 9.86. The van der Waals surface area contributed by atoms with Crippen LogP contribution in [0, 0.1) is 0 Å². The summed E-state index contributed by atoms with van der Waals surface area (Å²) in [6.45, 7) is 0. The van der Waals surface area contributed by atoms with Crippen LogP contribution in [0.5, 0.6) is 0 Å². The smallest absolute Gasteiger partial charge is 0.164 e. The molecule has 3 nitrogen and oxygen atoms in total. The van der Waals surface area contributed by atoms with Crippen molar-refractivity contribution in [2.24, 2.45) is 7.05 Å². The first-order valence-corrected chi connectivity index (χ1v) is 5.56. The predicted octanol–water partition coefficient (Wildman–Crippen LogP) is 3.01. The molecule has 5 heteroatoms. The fourth-order valence-corrected chi connectivity index (χ4v) is 2.42. The van der Waals surface area contributed by atoms with Gasteiger partial charge in [0, 0.05) is 21.6 Å². The third-order valence-electron chi connectivity index (χ3n) is 1.88. The third-order valence-corrected chi connectivity index (χ3v) is 3.03. The SMILES string of the molecule is Cn1cnnc1-c1ccc(Br)cc1Br. The molecule has 14 heavy (non-hydrogen) atoms. The van der Waals surface area contributed by atoms with E-state index >= 15 is 0 Å². The van der Waals surface area contributed by atoms with Crippen molar-refractivity contribution >= 4 is 31.9 Å². The Labute approximate surface area is 98.4 Å². The van der Waals surface area contributed by atoms with Gasteiger partial charge in [-0.1, -0.05) is 15.9 Å². The van der Waals surface area contributed by atoms with Crippen LogP contribution in [-0.4, -0.2) is 14.8 Å². The van der Waals surface area contributed by atoms with E-state index in [0.717, 1.165) is 20.3 Å². The van der Waals surface area contributed by atoms with Gasteiger partial charge in [-0.2, -0.15) is 0 Å². The normalized spacial score (nSPS) is 10.5. The molecule has 0 bridgehead atoms. The van der Waals surface area contributed by atoms with Crippen LogP contribution in [0.1, 0.15) is 0 Å². The Kier molecular flexibility index (Phi) is 2.69. The van der Waals surface area contributed by atoms with E-state index in [1.165, 1.54) is 0 Å². The summed E-state index contributed by atoms with van der Waals surface area (Å²) in [5, 5.41) is 7.89. The summed E-state index contributed by atoms with van der Waals surface area (Å²) >= 11 is 6.90. The van der Waals surface area contributed by atoms with E-state index < -0.39 is 0 Å². The lowest BCUT2D eigenvalue weighted by atomic mass is 10.2. The zero-order chi connectivity index (χ0) is 10.1. The van der Waals surface area contributed by atoms with Crippen LogP contribution in [0.15, 0.2) is 33.5 Å². The van der Waals surface area contributed by atoms with Crippen LogP contribution < -0.4 is 0 Å². The minimum atomic E-state index is 0.851. The molecule has 2 rings (SSSR count). The number of nitrogens with zero attached hydrogens (tertiary/aromatic N) is 3. The highest BCUT2D eigenvalue weighted by molar-refractivity contribution is 9.11. The number of hydrogen-bond acceptors (Lipinski definition) is 2. The number of rotatable bonds is 1. The van der Waals surface area contributed by atoms with Gasteiger partial charge in [0.25, 0.3) is 0 Å². The largest absolute Gasteiger partial charge is 0.317 e. The zero-order valence-electron chi connectivity index (χ0n) is 7.41. The first-order chi connectivity index (χ1) is 6.68. The van der Waals surface area contributed by atoms with Gasteiger partial charge in [-0.15, -0.1) is 10.2 Å². The predicted molar refractivity (Wildman–Crippen MR) is 61.8 cm³/mol. The molecule has 1 heterocycles. The molecule has 0 saturated heterocycles. The molecule has 0 spiro atoms. The maximum absolute atomic E-state index is 4.04. The van der Waals surface area contributed by atoms with Crippen LogP contribution in [-0.2, 0) is 7.05 Å². The van der Waals surface area contributed by atoms with Gasteiger partial charge >= 0.3 is 0 Å². The average molecular weight is 317 g/mol. The van der Waals surface area contributed by atoms with Crippen molar-refractivity contribution in [1.29, 1.82) is 0 Å².